The zero-order valence-electron chi connectivity index (χ0n) is 8.22. The van der Waals surface area contributed by atoms with Gasteiger partial charge in [0.2, 0.25) is 0 Å². The van der Waals surface area contributed by atoms with E-state index in [4.69, 9.17) is 5.73 Å². The minimum atomic E-state index is 0.367. The minimum absolute atomic E-state index is 0.367. The van der Waals surface area contributed by atoms with E-state index in [0.29, 0.717) is 6.04 Å². The topological polar surface area (TPSA) is 26.0 Å². The van der Waals surface area contributed by atoms with Crippen LogP contribution in [0.25, 0.3) is 0 Å². The highest BCUT2D eigenvalue weighted by Gasteiger charge is 2.17. The minimum Gasteiger partial charge on any atom is -0.327 e. The van der Waals surface area contributed by atoms with E-state index in [1.807, 2.05) is 0 Å². The third-order valence-corrected chi connectivity index (χ3v) is 2.77. The summed E-state index contributed by atoms with van der Waals surface area (Å²) in [5.41, 5.74) is 10.3. The predicted molar refractivity (Wildman–Crippen MR) is 55.8 cm³/mol. The molecule has 0 aromatic heterocycles. The monoisotopic (exact) mass is 175 g/mol. The average molecular weight is 175 g/mol. The number of nitrogens with two attached hydrogens (primary N) is 1. The molecule has 70 valence electrons. The van der Waals surface area contributed by atoms with Gasteiger partial charge in [-0.3, -0.25) is 0 Å². The summed E-state index contributed by atoms with van der Waals surface area (Å²) in [6.45, 7) is 2.22. The van der Waals surface area contributed by atoms with Crippen LogP contribution in [0.5, 0.6) is 0 Å². The highest BCUT2D eigenvalue weighted by Crippen LogP contribution is 2.22. The molecule has 2 N–H and O–H groups in total. The molecule has 1 nitrogen and oxygen atoms in total. The van der Waals surface area contributed by atoms with Gasteiger partial charge in [-0.1, -0.05) is 31.5 Å². The first kappa shape index (κ1) is 8.76. The molecule has 1 aliphatic rings. The van der Waals surface area contributed by atoms with E-state index in [-0.39, 0.29) is 0 Å². The van der Waals surface area contributed by atoms with Crippen LogP contribution >= 0.6 is 0 Å². The number of rotatable bonds is 2. The van der Waals surface area contributed by atoms with Crippen LogP contribution in [-0.2, 0) is 19.3 Å². The Kier molecular flexibility index (Phi) is 2.36. The summed E-state index contributed by atoms with van der Waals surface area (Å²) in [4.78, 5) is 0. The lowest BCUT2D eigenvalue weighted by atomic mass is 10.0. The van der Waals surface area contributed by atoms with Gasteiger partial charge in [0.05, 0.1) is 0 Å². The summed E-state index contributed by atoms with van der Waals surface area (Å²) in [5.74, 6) is 0. The predicted octanol–water partition coefficient (Wildman–Crippen LogP) is 2.06. The van der Waals surface area contributed by atoms with E-state index in [2.05, 4.69) is 25.1 Å². The number of aryl methyl sites for hydroxylation is 1. The first-order valence-electron chi connectivity index (χ1n) is 5.16. The quantitative estimate of drug-likeness (QED) is 0.731. The van der Waals surface area contributed by atoms with Crippen LogP contribution in [0.4, 0.5) is 0 Å². The molecule has 1 atom stereocenters. The fourth-order valence-electron chi connectivity index (χ4n) is 2.15. The highest BCUT2D eigenvalue weighted by molar-refractivity contribution is 5.37. The Bertz CT molecular complexity index is 304. The van der Waals surface area contributed by atoms with E-state index in [1.165, 1.54) is 29.5 Å². The van der Waals surface area contributed by atoms with Crippen molar-refractivity contribution in [3.8, 4) is 0 Å². The van der Waals surface area contributed by atoms with Crippen LogP contribution < -0.4 is 5.73 Å². The Morgan fingerprint density at radius 1 is 1.31 bits per heavy atom. The summed E-state index contributed by atoms with van der Waals surface area (Å²) >= 11 is 0. The van der Waals surface area contributed by atoms with Gasteiger partial charge in [-0.2, -0.15) is 0 Å². The van der Waals surface area contributed by atoms with Crippen molar-refractivity contribution < 1.29 is 0 Å². The molecule has 1 aromatic rings. The van der Waals surface area contributed by atoms with Gasteiger partial charge in [-0.05, 0) is 36.0 Å². The third kappa shape index (κ3) is 1.75. The molecule has 13 heavy (non-hydrogen) atoms. The first-order valence-corrected chi connectivity index (χ1v) is 5.16. The van der Waals surface area contributed by atoms with Crippen molar-refractivity contribution in [3.05, 3.63) is 34.9 Å². The highest BCUT2D eigenvalue weighted by atomic mass is 14.6. The SMILES string of the molecule is CCCc1ccc2c(c1)CC(N)C2. The molecule has 0 amide bonds. The van der Waals surface area contributed by atoms with Gasteiger partial charge >= 0.3 is 0 Å². The smallest absolute Gasteiger partial charge is 0.0120 e. The molecular formula is C12H17N. The Hall–Kier alpha value is -0.820. The second kappa shape index (κ2) is 3.51. The molecule has 2 rings (SSSR count). The number of benzene rings is 1. The van der Waals surface area contributed by atoms with Gasteiger partial charge in [0.1, 0.15) is 0 Å². The summed E-state index contributed by atoms with van der Waals surface area (Å²) < 4.78 is 0. The Morgan fingerprint density at radius 2 is 2.08 bits per heavy atom. The van der Waals surface area contributed by atoms with Crippen LogP contribution in [0, 0.1) is 0 Å². The molecule has 0 bridgehead atoms. The van der Waals surface area contributed by atoms with Crippen LogP contribution in [0.15, 0.2) is 18.2 Å². The van der Waals surface area contributed by atoms with Gasteiger partial charge in [0.25, 0.3) is 0 Å². The van der Waals surface area contributed by atoms with Crippen LogP contribution in [-0.4, -0.2) is 6.04 Å². The summed E-state index contributed by atoms with van der Waals surface area (Å²) in [6.07, 6.45) is 4.57. The van der Waals surface area contributed by atoms with Crippen molar-refractivity contribution >= 4 is 0 Å². The summed E-state index contributed by atoms with van der Waals surface area (Å²) in [7, 11) is 0. The Labute approximate surface area is 80.0 Å². The van der Waals surface area contributed by atoms with Crippen molar-refractivity contribution in [2.45, 2.75) is 38.6 Å². The molecule has 0 heterocycles. The molecule has 0 spiro atoms. The van der Waals surface area contributed by atoms with Crippen molar-refractivity contribution in [1.29, 1.82) is 0 Å². The van der Waals surface area contributed by atoms with Crippen molar-refractivity contribution in [1.82, 2.24) is 0 Å². The molecule has 0 aliphatic heterocycles. The molecular weight excluding hydrogens is 158 g/mol. The maximum atomic E-state index is 5.91. The largest absolute Gasteiger partial charge is 0.327 e. The molecule has 0 radical (unpaired) electrons. The zero-order valence-corrected chi connectivity index (χ0v) is 8.22. The summed E-state index contributed by atoms with van der Waals surface area (Å²) in [6, 6.07) is 7.21. The van der Waals surface area contributed by atoms with Gasteiger partial charge in [-0.25, -0.2) is 0 Å². The first-order chi connectivity index (χ1) is 6.29. The van der Waals surface area contributed by atoms with E-state index in [0.717, 1.165) is 12.8 Å². The number of fused-ring (bicyclic) bond motifs is 1. The normalized spacial score (nSPS) is 20.3. The molecule has 1 heteroatoms. The molecule has 0 saturated carbocycles. The van der Waals surface area contributed by atoms with Crippen molar-refractivity contribution in [3.63, 3.8) is 0 Å². The molecule has 1 unspecified atom stereocenters. The van der Waals surface area contributed by atoms with Gasteiger partial charge < -0.3 is 5.73 Å². The van der Waals surface area contributed by atoms with Crippen LogP contribution in [0.2, 0.25) is 0 Å². The second-order valence-corrected chi connectivity index (χ2v) is 4.02. The molecule has 1 aliphatic carbocycles. The van der Waals surface area contributed by atoms with Crippen LogP contribution in [0.3, 0.4) is 0 Å². The third-order valence-electron chi connectivity index (χ3n) is 2.77. The Morgan fingerprint density at radius 3 is 2.85 bits per heavy atom. The Balaban J connectivity index is 2.24. The second-order valence-electron chi connectivity index (χ2n) is 4.02. The standard InChI is InChI=1S/C12H17N/c1-2-3-9-4-5-10-7-12(13)8-11(10)6-9/h4-6,12H,2-3,7-8,13H2,1H3. The lowest BCUT2D eigenvalue weighted by Crippen LogP contribution is -2.18. The number of hydrogen-bond donors (Lipinski definition) is 1. The van der Waals surface area contributed by atoms with E-state index >= 15 is 0 Å². The lowest BCUT2D eigenvalue weighted by molar-refractivity contribution is 0.721. The van der Waals surface area contributed by atoms with Gasteiger partial charge in [0.15, 0.2) is 0 Å². The molecule has 1 aromatic carbocycles. The maximum Gasteiger partial charge on any atom is 0.0120 e. The van der Waals surface area contributed by atoms with E-state index < -0.39 is 0 Å². The average Bonchev–Trinajstić information content (AvgIpc) is 2.44. The van der Waals surface area contributed by atoms with Crippen LogP contribution in [0.1, 0.15) is 30.0 Å². The molecule has 0 fully saturated rings. The fraction of sp³-hybridized carbons (Fsp3) is 0.500. The zero-order chi connectivity index (χ0) is 9.26. The van der Waals surface area contributed by atoms with Crippen molar-refractivity contribution in [2.24, 2.45) is 5.73 Å². The van der Waals surface area contributed by atoms with Crippen molar-refractivity contribution in [2.75, 3.05) is 0 Å². The van der Waals surface area contributed by atoms with Gasteiger partial charge in [0, 0.05) is 6.04 Å². The summed E-state index contributed by atoms with van der Waals surface area (Å²) in [5, 5.41) is 0. The lowest BCUT2D eigenvalue weighted by Gasteiger charge is -2.02. The maximum absolute atomic E-state index is 5.91. The number of hydrogen-bond acceptors (Lipinski definition) is 1. The molecule has 0 saturated heterocycles. The van der Waals surface area contributed by atoms with E-state index in [1.54, 1.807) is 0 Å². The fourth-order valence-corrected chi connectivity index (χ4v) is 2.15. The van der Waals surface area contributed by atoms with Gasteiger partial charge in [-0.15, -0.1) is 0 Å². The van der Waals surface area contributed by atoms with E-state index in [9.17, 15) is 0 Å².